The Labute approximate surface area is 145 Å². The number of carbonyl (C=O) groups is 1. The quantitative estimate of drug-likeness (QED) is 0.776. The van der Waals surface area contributed by atoms with E-state index in [0.717, 1.165) is 45.8 Å². The molecule has 0 saturated carbocycles. The Morgan fingerprint density at radius 2 is 1.91 bits per heavy atom. The molecule has 0 atom stereocenters. The zero-order valence-corrected chi connectivity index (χ0v) is 14.7. The van der Waals surface area contributed by atoms with E-state index < -0.39 is 0 Å². The molecular weight excluding hydrogens is 314 g/mol. The molecule has 5 nitrogen and oxygen atoms in total. The molecule has 1 fully saturated rings. The number of rotatable bonds is 8. The second kappa shape index (κ2) is 11.4. The number of benzene rings is 1. The van der Waals surface area contributed by atoms with Gasteiger partial charge in [-0.25, -0.2) is 0 Å². The number of hydrogen-bond donors (Lipinski definition) is 1. The van der Waals surface area contributed by atoms with E-state index in [2.05, 4.69) is 34.5 Å². The predicted octanol–water partition coefficient (Wildman–Crippen LogP) is 1.38. The maximum absolute atomic E-state index is 12.3. The fraction of sp³-hybridized carbons (Fsp3) is 0.588. The smallest absolute Gasteiger partial charge is 0.223 e. The molecule has 0 aliphatic carbocycles. The van der Waals surface area contributed by atoms with Gasteiger partial charge in [-0.1, -0.05) is 30.3 Å². The molecule has 1 amide bonds. The summed E-state index contributed by atoms with van der Waals surface area (Å²) in [4.78, 5) is 16.5. The lowest BCUT2D eigenvalue weighted by Crippen LogP contribution is -2.47. The third-order valence-electron chi connectivity index (χ3n) is 3.97. The summed E-state index contributed by atoms with van der Waals surface area (Å²) >= 11 is 0. The van der Waals surface area contributed by atoms with Crippen molar-refractivity contribution >= 4 is 18.3 Å². The second-order valence-electron chi connectivity index (χ2n) is 5.64. The van der Waals surface area contributed by atoms with Gasteiger partial charge in [0.15, 0.2) is 0 Å². The van der Waals surface area contributed by atoms with Crippen molar-refractivity contribution in [2.75, 3.05) is 53.0 Å². The van der Waals surface area contributed by atoms with Gasteiger partial charge < -0.3 is 15.0 Å². The van der Waals surface area contributed by atoms with Gasteiger partial charge in [-0.3, -0.25) is 9.69 Å². The molecule has 0 bridgehead atoms. The van der Waals surface area contributed by atoms with Crippen LogP contribution in [-0.2, 0) is 16.1 Å². The standard InChI is InChI=1S/C17H27N3O2.ClH/c1-22-14-13-19(15-16-5-3-2-4-6-16)10-7-17(21)20-11-8-18-9-12-20;/h2-6,18H,7-15H2,1H3;1H. The molecule has 130 valence electrons. The molecule has 1 heterocycles. The summed E-state index contributed by atoms with van der Waals surface area (Å²) in [6, 6.07) is 10.4. The van der Waals surface area contributed by atoms with Crippen LogP contribution in [0.5, 0.6) is 0 Å². The number of methoxy groups -OCH3 is 1. The highest BCUT2D eigenvalue weighted by Crippen LogP contribution is 2.06. The average Bonchev–Trinajstić information content (AvgIpc) is 2.58. The largest absolute Gasteiger partial charge is 0.383 e. The summed E-state index contributed by atoms with van der Waals surface area (Å²) in [5, 5.41) is 3.27. The van der Waals surface area contributed by atoms with Gasteiger partial charge >= 0.3 is 0 Å². The number of ether oxygens (including phenoxy) is 1. The van der Waals surface area contributed by atoms with Crippen LogP contribution in [0, 0.1) is 0 Å². The minimum Gasteiger partial charge on any atom is -0.383 e. The van der Waals surface area contributed by atoms with Crippen molar-refractivity contribution in [2.24, 2.45) is 0 Å². The molecule has 23 heavy (non-hydrogen) atoms. The minimum atomic E-state index is 0. The van der Waals surface area contributed by atoms with Gasteiger partial charge in [0.25, 0.3) is 0 Å². The maximum atomic E-state index is 12.3. The SMILES string of the molecule is COCCN(CCC(=O)N1CCNCC1)Cc1ccccc1.Cl. The zero-order chi connectivity index (χ0) is 15.6. The number of nitrogens with zero attached hydrogens (tertiary/aromatic N) is 2. The van der Waals surface area contributed by atoms with Crippen LogP contribution >= 0.6 is 12.4 Å². The summed E-state index contributed by atoms with van der Waals surface area (Å²) < 4.78 is 5.19. The minimum absolute atomic E-state index is 0. The van der Waals surface area contributed by atoms with Crippen molar-refractivity contribution < 1.29 is 9.53 Å². The van der Waals surface area contributed by atoms with Crippen molar-refractivity contribution in [3.05, 3.63) is 35.9 Å². The van der Waals surface area contributed by atoms with Crippen LogP contribution in [0.25, 0.3) is 0 Å². The Kier molecular flexibility index (Phi) is 9.87. The average molecular weight is 342 g/mol. The lowest BCUT2D eigenvalue weighted by atomic mass is 10.2. The lowest BCUT2D eigenvalue weighted by Gasteiger charge is -2.29. The number of nitrogens with one attached hydrogen (secondary N) is 1. The van der Waals surface area contributed by atoms with Crippen LogP contribution < -0.4 is 5.32 Å². The number of carbonyl (C=O) groups excluding carboxylic acids is 1. The molecule has 1 saturated heterocycles. The van der Waals surface area contributed by atoms with E-state index in [1.165, 1.54) is 5.56 Å². The normalized spacial score (nSPS) is 14.6. The van der Waals surface area contributed by atoms with Gasteiger partial charge in [0, 0.05) is 59.3 Å². The van der Waals surface area contributed by atoms with Crippen LogP contribution in [0.1, 0.15) is 12.0 Å². The van der Waals surface area contributed by atoms with Crippen LogP contribution in [-0.4, -0.2) is 68.7 Å². The predicted molar refractivity (Wildman–Crippen MR) is 94.9 cm³/mol. The first-order chi connectivity index (χ1) is 10.8. The molecular formula is C17H28ClN3O2. The number of amides is 1. The van der Waals surface area contributed by atoms with E-state index in [0.29, 0.717) is 13.0 Å². The first kappa shape index (κ1) is 19.9. The Bertz CT molecular complexity index is 439. The van der Waals surface area contributed by atoms with E-state index in [9.17, 15) is 4.79 Å². The Morgan fingerprint density at radius 1 is 1.22 bits per heavy atom. The van der Waals surface area contributed by atoms with Crippen molar-refractivity contribution in [3.8, 4) is 0 Å². The molecule has 1 aliphatic rings. The number of piperazine rings is 1. The fourth-order valence-corrected chi connectivity index (χ4v) is 2.66. The van der Waals surface area contributed by atoms with Gasteiger partial charge in [0.2, 0.25) is 5.91 Å². The molecule has 0 unspecified atom stereocenters. The van der Waals surface area contributed by atoms with Crippen molar-refractivity contribution in [3.63, 3.8) is 0 Å². The van der Waals surface area contributed by atoms with E-state index in [-0.39, 0.29) is 18.3 Å². The molecule has 0 radical (unpaired) electrons. The van der Waals surface area contributed by atoms with Crippen LogP contribution in [0.2, 0.25) is 0 Å². The van der Waals surface area contributed by atoms with Gasteiger partial charge in [-0.2, -0.15) is 0 Å². The molecule has 1 aromatic rings. The van der Waals surface area contributed by atoms with E-state index in [4.69, 9.17) is 4.74 Å². The third-order valence-corrected chi connectivity index (χ3v) is 3.97. The molecule has 0 spiro atoms. The lowest BCUT2D eigenvalue weighted by molar-refractivity contribution is -0.132. The highest BCUT2D eigenvalue weighted by Gasteiger charge is 2.17. The van der Waals surface area contributed by atoms with E-state index >= 15 is 0 Å². The summed E-state index contributed by atoms with van der Waals surface area (Å²) in [5.74, 6) is 0.261. The second-order valence-corrected chi connectivity index (χ2v) is 5.64. The number of hydrogen-bond acceptors (Lipinski definition) is 4. The Morgan fingerprint density at radius 3 is 2.57 bits per heavy atom. The fourth-order valence-electron chi connectivity index (χ4n) is 2.66. The highest BCUT2D eigenvalue weighted by molar-refractivity contribution is 5.85. The maximum Gasteiger partial charge on any atom is 0.223 e. The highest BCUT2D eigenvalue weighted by atomic mass is 35.5. The first-order valence-electron chi connectivity index (χ1n) is 8.03. The monoisotopic (exact) mass is 341 g/mol. The van der Waals surface area contributed by atoms with Crippen LogP contribution in [0.4, 0.5) is 0 Å². The van der Waals surface area contributed by atoms with E-state index in [1.54, 1.807) is 7.11 Å². The van der Waals surface area contributed by atoms with Crippen LogP contribution in [0.15, 0.2) is 30.3 Å². The molecule has 1 aliphatic heterocycles. The summed E-state index contributed by atoms with van der Waals surface area (Å²) in [6.07, 6.45) is 0.580. The molecule has 2 rings (SSSR count). The Hall–Kier alpha value is -1.14. The van der Waals surface area contributed by atoms with E-state index in [1.807, 2.05) is 11.0 Å². The Balaban J connectivity index is 0.00000264. The summed E-state index contributed by atoms with van der Waals surface area (Å²) in [5.41, 5.74) is 1.27. The summed E-state index contributed by atoms with van der Waals surface area (Å²) in [7, 11) is 1.71. The van der Waals surface area contributed by atoms with Gasteiger partial charge in [-0.15, -0.1) is 12.4 Å². The summed E-state index contributed by atoms with van der Waals surface area (Å²) in [6.45, 7) is 6.65. The number of halogens is 1. The van der Waals surface area contributed by atoms with Crippen molar-refractivity contribution in [1.82, 2.24) is 15.1 Å². The third kappa shape index (κ3) is 7.31. The molecule has 1 N–H and O–H groups in total. The van der Waals surface area contributed by atoms with Crippen molar-refractivity contribution in [2.45, 2.75) is 13.0 Å². The van der Waals surface area contributed by atoms with Crippen molar-refractivity contribution in [1.29, 1.82) is 0 Å². The topological polar surface area (TPSA) is 44.8 Å². The molecule has 0 aromatic heterocycles. The zero-order valence-electron chi connectivity index (χ0n) is 13.9. The molecule has 1 aromatic carbocycles. The molecule has 6 heteroatoms. The van der Waals surface area contributed by atoms with Crippen LogP contribution in [0.3, 0.4) is 0 Å². The van der Waals surface area contributed by atoms with Gasteiger partial charge in [0.1, 0.15) is 0 Å². The first-order valence-corrected chi connectivity index (χ1v) is 8.03. The van der Waals surface area contributed by atoms with Gasteiger partial charge in [0.05, 0.1) is 6.61 Å². The van der Waals surface area contributed by atoms with Gasteiger partial charge in [-0.05, 0) is 5.56 Å².